The second-order valence-corrected chi connectivity index (χ2v) is 5.30. The zero-order chi connectivity index (χ0) is 11.7. The lowest BCUT2D eigenvalue weighted by atomic mass is 10.4. The van der Waals surface area contributed by atoms with Crippen LogP contribution in [0, 0.1) is 0 Å². The fraction of sp³-hybridized carbons (Fsp3) is 0.0909. The number of carbonyl (C=O) groups excluding carboxylic acids is 2. The molecule has 0 saturated heterocycles. The molecule has 0 aromatic heterocycles. The number of carbonyl (C=O) groups is 2. The lowest BCUT2D eigenvalue weighted by Gasteiger charge is -2.06. The zero-order valence-electron chi connectivity index (χ0n) is 8.44. The van der Waals surface area contributed by atoms with Gasteiger partial charge in [-0.05, 0) is 24.3 Å². The Balaban J connectivity index is 2.17. The summed E-state index contributed by atoms with van der Waals surface area (Å²) in [5, 5.41) is 0. The highest BCUT2D eigenvalue weighted by Crippen LogP contribution is 2.31. The number of benzene rings is 1. The maximum atomic E-state index is 11.6. The first kappa shape index (κ1) is 11.4. The summed E-state index contributed by atoms with van der Waals surface area (Å²) in [6.07, 6.45) is 1.37. The molecule has 16 heavy (non-hydrogen) atoms. The molecule has 2 amide bonds. The second kappa shape index (κ2) is 4.43. The summed E-state index contributed by atoms with van der Waals surface area (Å²) in [7, 11) is 1.48. The van der Waals surface area contributed by atoms with Gasteiger partial charge in [0.1, 0.15) is 0 Å². The van der Waals surface area contributed by atoms with Gasteiger partial charge in [0.05, 0.1) is 4.91 Å². The van der Waals surface area contributed by atoms with Crippen molar-refractivity contribution < 1.29 is 9.59 Å². The first-order valence-electron chi connectivity index (χ1n) is 4.55. The summed E-state index contributed by atoms with van der Waals surface area (Å²) in [4.78, 5) is 25.4. The van der Waals surface area contributed by atoms with Gasteiger partial charge in [0.2, 0.25) is 0 Å². The average molecular weight is 298 g/mol. The molecular weight excluding hydrogens is 290 g/mol. The minimum Gasteiger partial charge on any atom is -0.278 e. The van der Waals surface area contributed by atoms with Crippen LogP contribution in [0.5, 0.6) is 0 Å². The molecule has 0 atom stereocenters. The average Bonchev–Trinajstić information content (AvgIpc) is 2.50. The van der Waals surface area contributed by atoms with Crippen molar-refractivity contribution in [3.05, 3.63) is 39.7 Å². The molecule has 1 aliphatic heterocycles. The van der Waals surface area contributed by atoms with Gasteiger partial charge in [-0.1, -0.05) is 27.7 Å². The number of amides is 2. The van der Waals surface area contributed by atoms with E-state index in [-0.39, 0.29) is 11.8 Å². The molecule has 1 aliphatic rings. The molecule has 0 bridgehead atoms. The molecular formula is C11H8BrNO2S. The predicted molar refractivity (Wildman–Crippen MR) is 65.9 cm³/mol. The molecule has 0 radical (unpaired) electrons. The van der Waals surface area contributed by atoms with Crippen LogP contribution in [-0.4, -0.2) is 23.8 Å². The Bertz CT molecular complexity index is 481. The molecule has 2 rings (SSSR count). The SMILES string of the molecule is CN1C(=O)C=C(Sc2ccc(Br)cc2)C1=O. The maximum absolute atomic E-state index is 11.6. The normalized spacial score (nSPS) is 15.6. The van der Waals surface area contributed by atoms with E-state index < -0.39 is 0 Å². The van der Waals surface area contributed by atoms with Gasteiger partial charge in [0.15, 0.2) is 0 Å². The first-order valence-corrected chi connectivity index (χ1v) is 6.16. The van der Waals surface area contributed by atoms with Gasteiger partial charge in [-0.2, -0.15) is 0 Å². The Kier molecular flexibility index (Phi) is 3.16. The van der Waals surface area contributed by atoms with E-state index in [1.165, 1.54) is 24.9 Å². The fourth-order valence-corrected chi connectivity index (χ4v) is 2.41. The third-order valence-corrected chi connectivity index (χ3v) is 3.69. The van der Waals surface area contributed by atoms with E-state index in [1.807, 2.05) is 24.3 Å². The van der Waals surface area contributed by atoms with Crippen molar-refractivity contribution in [1.82, 2.24) is 4.90 Å². The Morgan fingerprint density at radius 2 is 1.81 bits per heavy atom. The number of halogens is 1. The maximum Gasteiger partial charge on any atom is 0.267 e. The highest BCUT2D eigenvalue weighted by atomic mass is 79.9. The van der Waals surface area contributed by atoms with Gasteiger partial charge in [-0.25, -0.2) is 0 Å². The Morgan fingerprint density at radius 3 is 2.31 bits per heavy atom. The van der Waals surface area contributed by atoms with Crippen LogP contribution < -0.4 is 0 Å². The van der Waals surface area contributed by atoms with Gasteiger partial charge in [0.25, 0.3) is 11.8 Å². The van der Waals surface area contributed by atoms with Crippen molar-refractivity contribution >= 4 is 39.5 Å². The van der Waals surface area contributed by atoms with Gasteiger partial charge in [-0.3, -0.25) is 14.5 Å². The molecule has 0 fully saturated rings. The molecule has 1 heterocycles. The van der Waals surface area contributed by atoms with E-state index in [2.05, 4.69) is 15.9 Å². The van der Waals surface area contributed by atoms with Crippen LogP contribution in [-0.2, 0) is 9.59 Å². The van der Waals surface area contributed by atoms with Crippen molar-refractivity contribution in [2.24, 2.45) is 0 Å². The molecule has 0 spiro atoms. The Morgan fingerprint density at radius 1 is 1.19 bits per heavy atom. The number of imide groups is 1. The lowest BCUT2D eigenvalue weighted by molar-refractivity contribution is -0.135. The second-order valence-electron chi connectivity index (χ2n) is 3.27. The predicted octanol–water partition coefficient (Wildman–Crippen LogP) is 2.42. The number of likely N-dealkylation sites (N-methyl/N-ethyl adjacent to an activating group) is 1. The minimum absolute atomic E-state index is 0.238. The molecule has 5 heteroatoms. The highest BCUT2D eigenvalue weighted by Gasteiger charge is 2.27. The monoisotopic (exact) mass is 297 g/mol. The summed E-state index contributed by atoms with van der Waals surface area (Å²) < 4.78 is 0.983. The number of nitrogens with zero attached hydrogens (tertiary/aromatic N) is 1. The Labute approximate surface area is 106 Å². The first-order chi connectivity index (χ1) is 7.58. The van der Waals surface area contributed by atoms with E-state index in [4.69, 9.17) is 0 Å². The number of hydrogen-bond acceptors (Lipinski definition) is 3. The fourth-order valence-electron chi connectivity index (χ4n) is 1.24. The molecule has 0 saturated carbocycles. The van der Waals surface area contributed by atoms with Crippen LogP contribution in [0.25, 0.3) is 0 Å². The van der Waals surface area contributed by atoms with E-state index in [0.29, 0.717) is 4.91 Å². The third kappa shape index (κ3) is 2.20. The zero-order valence-corrected chi connectivity index (χ0v) is 10.8. The van der Waals surface area contributed by atoms with Crippen LogP contribution in [0.15, 0.2) is 44.6 Å². The van der Waals surface area contributed by atoms with Crippen molar-refractivity contribution in [3.8, 4) is 0 Å². The molecule has 0 unspecified atom stereocenters. The number of thioether (sulfide) groups is 1. The van der Waals surface area contributed by atoms with Crippen LogP contribution in [0.2, 0.25) is 0 Å². The molecule has 3 nitrogen and oxygen atoms in total. The van der Waals surface area contributed by atoms with Crippen LogP contribution in [0.4, 0.5) is 0 Å². The van der Waals surface area contributed by atoms with Crippen molar-refractivity contribution in [2.75, 3.05) is 7.05 Å². The molecule has 1 aromatic carbocycles. The third-order valence-electron chi connectivity index (χ3n) is 2.14. The number of rotatable bonds is 2. The van der Waals surface area contributed by atoms with Gasteiger partial charge >= 0.3 is 0 Å². The minimum atomic E-state index is -0.260. The summed E-state index contributed by atoms with van der Waals surface area (Å²) >= 11 is 4.64. The van der Waals surface area contributed by atoms with Crippen molar-refractivity contribution in [3.63, 3.8) is 0 Å². The van der Waals surface area contributed by atoms with Crippen LogP contribution >= 0.6 is 27.7 Å². The summed E-state index contributed by atoms with van der Waals surface area (Å²) in [6.45, 7) is 0. The molecule has 0 N–H and O–H groups in total. The lowest BCUT2D eigenvalue weighted by Crippen LogP contribution is -2.25. The summed E-state index contributed by atoms with van der Waals surface area (Å²) in [6, 6.07) is 7.58. The van der Waals surface area contributed by atoms with Gasteiger partial charge in [0, 0.05) is 22.5 Å². The van der Waals surface area contributed by atoms with Gasteiger partial charge in [-0.15, -0.1) is 0 Å². The van der Waals surface area contributed by atoms with Crippen LogP contribution in [0.1, 0.15) is 0 Å². The van der Waals surface area contributed by atoms with Crippen molar-refractivity contribution in [2.45, 2.75) is 4.90 Å². The molecule has 0 aliphatic carbocycles. The molecule has 82 valence electrons. The quantitative estimate of drug-likeness (QED) is 0.787. The van der Waals surface area contributed by atoms with E-state index in [1.54, 1.807) is 0 Å². The largest absolute Gasteiger partial charge is 0.278 e. The number of hydrogen-bond donors (Lipinski definition) is 0. The van der Waals surface area contributed by atoms with E-state index in [0.717, 1.165) is 14.3 Å². The summed E-state index contributed by atoms with van der Waals surface area (Å²) in [5.74, 6) is -0.498. The van der Waals surface area contributed by atoms with Crippen molar-refractivity contribution in [1.29, 1.82) is 0 Å². The molecule has 1 aromatic rings. The standard InChI is InChI=1S/C11H8BrNO2S/c1-13-10(14)6-9(11(13)15)16-8-4-2-7(12)3-5-8/h2-6H,1H3. The highest BCUT2D eigenvalue weighted by molar-refractivity contribution is 9.10. The van der Waals surface area contributed by atoms with Crippen LogP contribution in [0.3, 0.4) is 0 Å². The topological polar surface area (TPSA) is 37.4 Å². The van der Waals surface area contributed by atoms with E-state index >= 15 is 0 Å². The smallest absolute Gasteiger partial charge is 0.267 e. The Hall–Kier alpha value is -1.07. The van der Waals surface area contributed by atoms with E-state index in [9.17, 15) is 9.59 Å². The summed E-state index contributed by atoms with van der Waals surface area (Å²) in [5.41, 5.74) is 0. The van der Waals surface area contributed by atoms with Gasteiger partial charge < -0.3 is 0 Å².